The average Bonchev–Trinajstić information content (AvgIpc) is 2.69. The van der Waals surface area contributed by atoms with E-state index < -0.39 is 22.7 Å². The van der Waals surface area contributed by atoms with E-state index in [1.165, 1.54) is 6.92 Å². The molecule has 0 radical (unpaired) electrons. The number of hydrogen-bond acceptors (Lipinski definition) is 7. The fraction of sp³-hybridized carbons (Fsp3) is 0.963. The van der Waals surface area contributed by atoms with Gasteiger partial charge in [-0.25, -0.2) is 0 Å². The summed E-state index contributed by atoms with van der Waals surface area (Å²) in [6, 6.07) is 0. The third kappa shape index (κ3) is 7.64. The van der Waals surface area contributed by atoms with Gasteiger partial charge in [0.1, 0.15) is 6.10 Å². The van der Waals surface area contributed by atoms with Crippen LogP contribution in [0.5, 0.6) is 0 Å². The van der Waals surface area contributed by atoms with Crippen LogP contribution < -0.4 is 0 Å². The van der Waals surface area contributed by atoms with Gasteiger partial charge in [-0.15, -0.1) is 0 Å². The van der Waals surface area contributed by atoms with Gasteiger partial charge in [0, 0.05) is 38.9 Å². The Morgan fingerprint density at radius 1 is 0.944 bits per heavy atom. The summed E-state index contributed by atoms with van der Waals surface area (Å²) in [6.07, 6.45) is 0.496. The normalized spacial score (nSPS) is 32.2. The standard InChI is InChI=1S/C27H54O7Si2/c1-18-24(31-19(2)29)21(13-15-28)32-23-17-22(34-36(11,12)27(6,7)8)20(33-25(18)23)14-16-30-35(9,10)26(3,4)5/h18,20-25,28H,13-17H2,1-12H3/t18-,20?,21?,22?,23+,24-,25+/m1/s1. The summed E-state index contributed by atoms with van der Waals surface area (Å²) in [4.78, 5) is 11.8. The Bertz CT molecular complexity index is 729. The number of rotatable bonds is 9. The molecule has 0 aliphatic carbocycles. The Kier molecular flexibility index (Phi) is 10.5. The van der Waals surface area contributed by atoms with Gasteiger partial charge in [0.25, 0.3) is 0 Å². The topological polar surface area (TPSA) is 83.5 Å². The molecule has 36 heavy (non-hydrogen) atoms. The molecule has 2 heterocycles. The van der Waals surface area contributed by atoms with E-state index in [0.29, 0.717) is 13.0 Å². The van der Waals surface area contributed by atoms with Crippen molar-refractivity contribution in [2.45, 2.75) is 148 Å². The summed E-state index contributed by atoms with van der Waals surface area (Å²) in [5.41, 5.74) is 0. The zero-order valence-electron chi connectivity index (χ0n) is 25.0. The first-order valence-electron chi connectivity index (χ1n) is 13.7. The smallest absolute Gasteiger partial charge is 0.303 e. The third-order valence-corrected chi connectivity index (χ3v) is 18.0. The van der Waals surface area contributed by atoms with Gasteiger partial charge in [0.2, 0.25) is 0 Å². The van der Waals surface area contributed by atoms with Crippen LogP contribution in [-0.4, -0.2) is 77.5 Å². The number of carbonyl (C=O) groups excluding carboxylic acids is 1. The van der Waals surface area contributed by atoms with Gasteiger partial charge in [-0.3, -0.25) is 4.79 Å². The maximum absolute atomic E-state index is 11.8. The van der Waals surface area contributed by atoms with Crippen molar-refractivity contribution in [2.24, 2.45) is 5.92 Å². The van der Waals surface area contributed by atoms with Gasteiger partial charge in [-0.2, -0.15) is 0 Å². The summed E-state index contributed by atoms with van der Waals surface area (Å²) in [6.45, 7) is 26.7. The first-order valence-corrected chi connectivity index (χ1v) is 19.5. The van der Waals surface area contributed by atoms with E-state index in [2.05, 4.69) is 74.7 Å². The van der Waals surface area contributed by atoms with Crippen molar-refractivity contribution in [3.63, 3.8) is 0 Å². The molecule has 0 aromatic carbocycles. The van der Waals surface area contributed by atoms with E-state index in [1.54, 1.807) is 0 Å². The largest absolute Gasteiger partial charge is 0.459 e. The van der Waals surface area contributed by atoms with Crippen LogP contribution in [0.15, 0.2) is 0 Å². The molecule has 0 aromatic heterocycles. The van der Waals surface area contributed by atoms with Crippen molar-refractivity contribution in [2.75, 3.05) is 13.2 Å². The van der Waals surface area contributed by atoms with Crippen LogP contribution in [0.4, 0.5) is 0 Å². The van der Waals surface area contributed by atoms with E-state index in [0.717, 1.165) is 12.8 Å². The Balaban J connectivity index is 2.27. The molecule has 0 bridgehead atoms. The Morgan fingerprint density at radius 2 is 1.53 bits per heavy atom. The summed E-state index contributed by atoms with van der Waals surface area (Å²) in [5.74, 6) is -0.395. The number of aliphatic hydroxyl groups excluding tert-OH is 1. The summed E-state index contributed by atoms with van der Waals surface area (Å²) in [7, 11) is -3.94. The van der Waals surface area contributed by atoms with Crippen molar-refractivity contribution >= 4 is 22.6 Å². The lowest BCUT2D eigenvalue weighted by atomic mass is 9.81. The highest BCUT2D eigenvalue weighted by Crippen LogP contribution is 2.43. The minimum Gasteiger partial charge on any atom is -0.459 e. The number of esters is 1. The van der Waals surface area contributed by atoms with Crippen molar-refractivity contribution in [1.29, 1.82) is 0 Å². The van der Waals surface area contributed by atoms with Gasteiger partial charge in [-0.05, 0) is 42.7 Å². The lowest BCUT2D eigenvalue weighted by molar-refractivity contribution is -0.268. The highest BCUT2D eigenvalue weighted by molar-refractivity contribution is 6.74. The van der Waals surface area contributed by atoms with Gasteiger partial charge < -0.3 is 28.2 Å². The van der Waals surface area contributed by atoms with Gasteiger partial charge in [-0.1, -0.05) is 48.5 Å². The van der Waals surface area contributed by atoms with Crippen LogP contribution in [0.25, 0.3) is 0 Å². The Labute approximate surface area is 222 Å². The van der Waals surface area contributed by atoms with E-state index in [9.17, 15) is 9.90 Å². The van der Waals surface area contributed by atoms with Crippen LogP contribution in [-0.2, 0) is 27.9 Å². The van der Waals surface area contributed by atoms with Crippen LogP contribution in [0, 0.1) is 5.92 Å². The monoisotopic (exact) mass is 546 g/mol. The van der Waals surface area contributed by atoms with Gasteiger partial charge in [0.05, 0.1) is 30.5 Å². The number of fused-ring (bicyclic) bond motifs is 1. The molecule has 0 saturated carbocycles. The molecule has 0 amide bonds. The predicted octanol–water partition coefficient (Wildman–Crippen LogP) is 5.66. The molecular formula is C27H54O7Si2. The molecule has 0 aromatic rings. The van der Waals surface area contributed by atoms with E-state index >= 15 is 0 Å². The molecule has 2 fully saturated rings. The first kappa shape index (κ1) is 31.9. The molecule has 7 atom stereocenters. The van der Waals surface area contributed by atoms with Crippen molar-refractivity contribution < 1.29 is 33.0 Å². The molecule has 2 aliphatic heterocycles. The fourth-order valence-corrected chi connectivity index (χ4v) is 7.05. The minimum absolute atomic E-state index is 0.0231. The SMILES string of the molecule is CC(=O)O[C@H]1C(CCO)O[C@H]2CC(O[Si](C)(C)C(C)(C)C)C(CCO[Si](C)(C)C(C)(C)C)O[C@H]2[C@@H]1C. The molecule has 1 N–H and O–H groups in total. The molecule has 212 valence electrons. The number of carbonyl (C=O) groups is 1. The quantitative estimate of drug-likeness (QED) is 0.295. The number of ether oxygens (including phenoxy) is 3. The Hall–Kier alpha value is -0.296. The summed E-state index contributed by atoms with van der Waals surface area (Å²) in [5, 5.41) is 9.85. The molecule has 2 rings (SSSR count). The fourth-order valence-electron chi connectivity index (χ4n) is 4.63. The lowest BCUT2D eigenvalue weighted by Gasteiger charge is -2.52. The Morgan fingerprint density at radius 3 is 2.03 bits per heavy atom. The average molecular weight is 547 g/mol. The summed E-state index contributed by atoms with van der Waals surface area (Å²) < 4.78 is 32.3. The predicted molar refractivity (Wildman–Crippen MR) is 148 cm³/mol. The molecule has 9 heteroatoms. The van der Waals surface area contributed by atoms with Crippen molar-refractivity contribution in [3.8, 4) is 0 Å². The number of hydrogen-bond donors (Lipinski definition) is 1. The number of aliphatic hydroxyl groups is 1. The second kappa shape index (κ2) is 11.8. The highest BCUT2D eigenvalue weighted by Gasteiger charge is 2.52. The first-order chi connectivity index (χ1) is 16.3. The van der Waals surface area contributed by atoms with Crippen LogP contribution in [0.1, 0.15) is 74.7 Å². The zero-order chi connectivity index (χ0) is 27.7. The van der Waals surface area contributed by atoms with E-state index in [-0.39, 0.29) is 59.1 Å². The molecular weight excluding hydrogens is 492 g/mol. The molecule has 7 nitrogen and oxygen atoms in total. The van der Waals surface area contributed by atoms with Crippen LogP contribution in [0.2, 0.25) is 36.3 Å². The van der Waals surface area contributed by atoms with Crippen LogP contribution >= 0.6 is 0 Å². The van der Waals surface area contributed by atoms with Crippen molar-refractivity contribution in [3.05, 3.63) is 0 Å². The van der Waals surface area contributed by atoms with E-state index in [4.69, 9.17) is 23.1 Å². The maximum Gasteiger partial charge on any atom is 0.303 e. The third-order valence-electron chi connectivity index (χ3n) is 8.97. The molecule has 2 saturated heterocycles. The molecule has 2 aliphatic rings. The maximum atomic E-state index is 11.8. The second-order valence-electron chi connectivity index (χ2n) is 13.8. The lowest BCUT2D eigenvalue weighted by Crippen LogP contribution is -2.62. The molecule has 0 spiro atoms. The van der Waals surface area contributed by atoms with Gasteiger partial charge in [0.15, 0.2) is 16.6 Å². The minimum atomic E-state index is -2.06. The zero-order valence-corrected chi connectivity index (χ0v) is 27.0. The summed E-state index contributed by atoms with van der Waals surface area (Å²) >= 11 is 0. The van der Waals surface area contributed by atoms with Crippen LogP contribution in [0.3, 0.4) is 0 Å². The van der Waals surface area contributed by atoms with Crippen molar-refractivity contribution in [1.82, 2.24) is 0 Å². The molecule has 3 unspecified atom stereocenters. The van der Waals surface area contributed by atoms with Gasteiger partial charge >= 0.3 is 5.97 Å². The second-order valence-corrected chi connectivity index (χ2v) is 23.4. The highest BCUT2D eigenvalue weighted by atomic mass is 28.4. The van der Waals surface area contributed by atoms with E-state index in [1.807, 2.05) is 0 Å².